The van der Waals surface area contributed by atoms with Crippen molar-refractivity contribution in [3.05, 3.63) is 28.8 Å². The summed E-state index contributed by atoms with van der Waals surface area (Å²) in [4.78, 5) is 2.40. The maximum atomic E-state index is 10.3. The van der Waals surface area contributed by atoms with E-state index in [1.54, 1.807) is 12.1 Å². The van der Waals surface area contributed by atoms with Crippen LogP contribution in [0.5, 0.6) is 5.75 Å². The minimum absolute atomic E-state index is 0.513. The molecule has 1 N–H and O–H groups in total. The number of halogens is 1. The van der Waals surface area contributed by atoms with E-state index in [1.807, 2.05) is 13.0 Å². The van der Waals surface area contributed by atoms with Crippen LogP contribution in [0.2, 0.25) is 5.02 Å². The number of rotatable bonds is 6. The van der Waals surface area contributed by atoms with Crippen molar-refractivity contribution in [3.63, 3.8) is 0 Å². The fourth-order valence-electron chi connectivity index (χ4n) is 2.53. The maximum absolute atomic E-state index is 10.3. The van der Waals surface area contributed by atoms with E-state index in [9.17, 15) is 5.11 Å². The molecule has 1 aromatic carbocycles. The maximum Gasteiger partial charge on any atom is 0.125 e. The van der Waals surface area contributed by atoms with Gasteiger partial charge in [-0.2, -0.15) is 0 Å². The van der Waals surface area contributed by atoms with Gasteiger partial charge in [0.1, 0.15) is 5.75 Å². The Morgan fingerprint density at radius 3 is 2.79 bits per heavy atom. The van der Waals surface area contributed by atoms with Gasteiger partial charge in [-0.1, -0.05) is 11.6 Å². The zero-order valence-electron chi connectivity index (χ0n) is 11.4. The van der Waals surface area contributed by atoms with Gasteiger partial charge in [0, 0.05) is 17.1 Å². The predicted molar refractivity (Wildman–Crippen MR) is 77.9 cm³/mol. The summed E-state index contributed by atoms with van der Waals surface area (Å²) < 4.78 is 5.55. The van der Waals surface area contributed by atoms with Crippen LogP contribution in [0.4, 0.5) is 0 Å². The average Bonchev–Trinajstić information content (AvgIpc) is 2.91. The van der Waals surface area contributed by atoms with Crippen LogP contribution in [0, 0.1) is 0 Å². The molecule has 1 saturated heterocycles. The van der Waals surface area contributed by atoms with Crippen molar-refractivity contribution < 1.29 is 9.84 Å². The summed E-state index contributed by atoms with van der Waals surface area (Å²) in [5.41, 5.74) is 0.800. The van der Waals surface area contributed by atoms with Crippen LogP contribution >= 0.6 is 11.6 Å². The Kier molecular flexibility index (Phi) is 5.49. The highest BCUT2D eigenvalue weighted by atomic mass is 35.5. The van der Waals surface area contributed by atoms with Crippen molar-refractivity contribution in [1.82, 2.24) is 4.90 Å². The molecule has 1 atom stereocenters. The molecule has 1 aromatic rings. The smallest absolute Gasteiger partial charge is 0.125 e. The van der Waals surface area contributed by atoms with E-state index in [2.05, 4.69) is 4.90 Å². The van der Waals surface area contributed by atoms with Gasteiger partial charge in [-0.15, -0.1) is 0 Å². The molecule has 0 amide bonds. The summed E-state index contributed by atoms with van der Waals surface area (Å²) in [6.45, 7) is 5.77. The summed E-state index contributed by atoms with van der Waals surface area (Å²) in [5, 5.41) is 11.0. The molecule has 0 spiro atoms. The molecule has 0 radical (unpaired) electrons. The lowest BCUT2D eigenvalue weighted by Gasteiger charge is -2.19. The van der Waals surface area contributed by atoms with Crippen molar-refractivity contribution in [2.45, 2.75) is 32.3 Å². The molecule has 0 saturated carbocycles. The topological polar surface area (TPSA) is 32.7 Å². The number of likely N-dealkylation sites (tertiary alicyclic amines) is 1. The van der Waals surface area contributed by atoms with E-state index in [1.165, 1.54) is 12.8 Å². The van der Waals surface area contributed by atoms with E-state index >= 15 is 0 Å². The van der Waals surface area contributed by atoms with Crippen LogP contribution < -0.4 is 4.74 Å². The minimum Gasteiger partial charge on any atom is -0.493 e. The number of aliphatic hydroxyl groups is 1. The van der Waals surface area contributed by atoms with Crippen LogP contribution in [-0.4, -0.2) is 36.2 Å². The second kappa shape index (κ2) is 7.13. The molecular formula is C15H22ClNO2. The van der Waals surface area contributed by atoms with Gasteiger partial charge in [-0.05, 0) is 57.5 Å². The van der Waals surface area contributed by atoms with Crippen LogP contribution in [0.25, 0.3) is 0 Å². The first-order valence-corrected chi connectivity index (χ1v) is 7.41. The highest BCUT2D eigenvalue weighted by Crippen LogP contribution is 2.30. The second-order valence-electron chi connectivity index (χ2n) is 4.97. The van der Waals surface area contributed by atoms with Crippen LogP contribution in [0.1, 0.15) is 37.9 Å². The highest BCUT2D eigenvalue weighted by Gasteiger charge is 2.17. The summed E-state index contributed by atoms with van der Waals surface area (Å²) >= 11 is 6.01. The molecule has 1 aliphatic rings. The summed E-state index contributed by atoms with van der Waals surface area (Å²) in [6, 6.07) is 5.44. The molecule has 1 fully saturated rings. The normalized spacial score (nSPS) is 17.6. The molecule has 1 aliphatic heterocycles. The molecular weight excluding hydrogens is 262 g/mol. The number of ether oxygens (including phenoxy) is 1. The van der Waals surface area contributed by atoms with Gasteiger partial charge in [0.05, 0.1) is 12.7 Å². The van der Waals surface area contributed by atoms with Crippen molar-refractivity contribution in [3.8, 4) is 5.75 Å². The monoisotopic (exact) mass is 283 g/mol. The van der Waals surface area contributed by atoms with Crippen molar-refractivity contribution in [1.29, 1.82) is 0 Å². The SMILES string of the molecule is CCOc1ccc(Cl)cc1C(O)CCN1CCCC1. The van der Waals surface area contributed by atoms with Gasteiger partial charge in [0.15, 0.2) is 0 Å². The lowest BCUT2D eigenvalue weighted by atomic mass is 10.1. The van der Waals surface area contributed by atoms with Gasteiger partial charge in [-0.3, -0.25) is 0 Å². The fraction of sp³-hybridized carbons (Fsp3) is 0.600. The molecule has 1 unspecified atom stereocenters. The fourth-order valence-corrected chi connectivity index (χ4v) is 2.71. The van der Waals surface area contributed by atoms with Crippen LogP contribution in [0.15, 0.2) is 18.2 Å². The van der Waals surface area contributed by atoms with Gasteiger partial charge >= 0.3 is 0 Å². The third-order valence-corrected chi connectivity index (χ3v) is 3.78. The predicted octanol–water partition coefficient (Wildman–Crippen LogP) is 3.26. The number of aliphatic hydroxyl groups excluding tert-OH is 1. The van der Waals surface area contributed by atoms with Crippen molar-refractivity contribution in [2.75, 3.05) is 26.2 Å². The lowest BCUT2D eigenvalue weighted by molar-refractivity contribution is 0.144. The first-order valence-electron chi connectivity index (χ1n) is 7.03. The van der Waals surface area contributed by atoms with E-state index in [0.717, 1.165) is 37.4 Å². The molecule has 0 bridgehead atoms. The van der Waals surface area contributed by atoms with Crippen molar-refractivity contribution in [2.24, 2.45) is 0 Å². The summed E-state index contributed by atoms with van der Waals surface area (Å²) in [7, 11) is 0. The van der Waals surface area contributed by atoms with Crippen LogP contribution in [-0.2, 0) is 0 Å². The number of hydrogen-bond donors (Lipinski definition) is 1. The third-order valence-electron chi connectivity index (χ3n) is 3.55. The molecule has 0 aliphatic carbocycles. The molecule has 2 rings (SSSR count). The number of benzene rings is 1. The molecule has 3 nitrogen and oxygen atoms in total. The van der Waals surface area contributed by atoms with E-state index < -0.39 is 6.10 Å². The largest absolute Gasteiger partial charge is 0.493 e. The number of nitrogens with zero attached hydrogens (tertiary/aromatic N) is 1. The van der Waals surface area contributed by atoms with Crippen LogP contribution in [0.3, 0.4) is 0 Å². The molecule has 0 aromatic heterocycles. The Balaban J connectivity index is 1.99. The first-order chi connectivity index (χ1) is 9.20. The molecule has 106 valence electrons. The van der Waals surface area contributed by atoms with E-state index in [0.29, 0.717) is 11.6 Å². The quantitative estimate of drug-likeness (QED) is 0.870. The first kappa shape index (κ1) is 14.6. The number of hydrogen-bond acceptors (Lipinski definition) is 3. The second-order valence-corrected chi connectivity index (χ2v) is 5.40. The van der Waals surface area contributed by atoms with Gasteiger partial charge in [0.25, 0.3) is 0 Å². The van der Waals surface area contributed by atoms with Crippen molar-refractivity contribution >= 4 is 11.6 Å². The average molecular weight is 284 g/mol. The zero-order chi connectivity index (χ0) is 13.7. The standard InChI is InChI=1S/C15H22ClNO2/c1-2-19-15-6-5-12(16)11-13(15)14(18)7-10-17-8-3-4-9-17/h5-6,11,14,18H,2-4,7-10H2,1H3. The highest BCUT2D eigenvalue weighted by molar-refractivity contribution is 6.30. The Hall–Kier alpha value is -0.770. The van der Waals surface area contributed by atoms with Gasteiger partial charge < -0.3 is 14.7 Å². The Labute approximate surface area is 120 Å². The third kappa shape index (κ3) is 4.10. The van der Waals surface area contributed by atoms with Gasteiger partial charge in [-0.25, -0.2) is 0 Å². The van der Waals surface area contributed by atoms with E-state index in [-0.39, 0.29) is 0 Å². The van der Waals surface area contributed by atoms with E-state index in [4.69, 9.17) is 16.3 Å². The zero-order valence-corrected chi connectivity index (χ0v) is 12.2. The summed E-state index contributed by atoms with van der Waals surface area (Å²) in [6.07, 6.45) is 2.76. The molecule has 19 heavy (non-hydrogen) atoms. The molecule has 1 heterocycles. The lowest BCUT2D eigenvalue weighted by Crippen LogP contribution is -2.22. The molecule has 4 heteroatoms. The Bertz CT molecular complexity index is 405. The van der Waals surface area contributed by atoms with Gasteiger partial charge in [0.2, 0.25) is 0 Å². The summed E-state index contributed by atoms with van der Waals surface area (Å²) in [5.74, 6) is 0.737. The minimum atomic E-state index is -0.513. The Morgan fingerprint density at radius 2 is 2.11 bits per heavy atom. The Morgan fingerprint density at radius 1 is 1.37 bits per heavy atom.